The molecule has 2 N–H and O–H groups in total. The minimum atomic E-state index is -0.261. The van der Waals surface area contributed by atoms with Crippen LogP contribution in [0.3, 0.4) is 0 Å². The highest BCUT2D eigenvalue weighted by Gasteiger charge is 2.45. The summed E-state index contributed by atoms with van der Waals surface area (Å²) in [5.74, 6) is 3.64. The number of hydrogen-bond donors (Lipinski definition) is 2. The molecular formula is C28H48O2. The third-order valence-corrected chi connectivity index (χ3v) is 9.86. The van der Waals surface area contributed by atoms with Gasteiger partial charge in [-0.25, -0.2) is 0 Å². The molecule has 0 amide bonds. The Morgan fingerprint density at radius 1 is 0.733 bits per heavy atom. The third kappa shape index (κ3) is 4.46. The van der Waals surface area contributed by atoms with Crippen molar-refractivity contribution in [3.05, 3.63) is 23.8 Å². The molecule has 3 rings (SSSR count). The highest BCUT2D eigenvalue weighted by Crippen LogP contribution is 2.52. The maximum atomic E-state index is 10.4. The molecule has 0 radical (unpaired) electrons. The quantitative estimate of drug-likeness (QED) is 0.505. The van der Waals surface area contributed by atoms with E-state index in [1.54, 1.807) is 0 Å². The molecule has 1 fully saturated rings. The van der Waals surface area contributed by atoms with Gasteiger partial charge in [0.15, 0.2) is 0 Å². The molecule has 3 aliphatic rings. The van der Waals surface area contributed by atoms with Gasteiger partial charge < -0.3 is 10.2 Å². The topological polar surface area (TPSA) is 40.5 Å². The van der Waals surface area contributed by atoms with Crippen molar-refractivity contribution in [1.29, 1.82) is 0 Å². The predicted molar refractivity (Wildman–Crippen MR) is 127 cm³/mol. The molecule has 0 aromatic carbocycles. The Bertz CT molecular complexity index is 646. The molecule has 7 unspecified atom stereocenters. The van der Waals surface area contributed by atoms with Gasteiger partial charge in [0.2, 0.25) is 0 Å². The third-order valence-electron chi connectivity index (χ3n) is 9.86. The number of aliphatic hydroxyl groups is 2. The van der Waals surface area contributed by atoms with Crippen molar-refractivity contribution >= 4 is 0 Å². The van der Waals surface area contributed by atoms with Crippen LogP contribution in [0, 0.1) is 52.3 Å². The summed E-state index contributed by atoms with van der Waals surface area (Å²) in [6.45, 7) is 18.6. The molecule has 0 aromatic rings. The largest absolute Gasteiger partial charge is 0.393 e. The van der Waals surface area contributed by atoms with Crippen LogP contribution < -0.4 is 0 Å². The normalized spacial score (nSPS) is 43.4. The van der Waals surface area contributed by atoms with Crippen molar-refractivity contribution in [3.8, 4) is 0 Å². The van der Waals surface area contributed by atoms with Crippen molar-refractivity contribution in [1.82, 2.24) is 0 Å². The Balaban J connectivity index is 1.71. The van der Waals surface area contributed by atoms with Crippen LogP contribution in [0.5, 0.6) is 0 Å². The van der Waals surface area contributed by atoms with E-state index in [0.717, 1.165) is 24.8 Å². The van der Waals surface area contributed by atoms with Gasteiger partial charge in [-0.3, -0.25) is 0 Å². The average Bonchev–Trinajstić information content (AvgIpc) is 2.69. The SMILES string of the molecule is CC1=CC(C(C)(C)C2C=CC(C(C)(C)C3CC(C)C(O)C(C)C3)CC2)CC(C)C1O. The zero-order valence-electron chi connectivity index (χ0n) is 20.9. The first-order chi connectivity index (χ1) is 13.9. The number of allylic oxidation sites excluding steroid dienone is 3. The first kappa shape index (κ1) is 24.1. The Hall–Kier alpha value is -0.600. The molecule has 0 aromatic heterocycles. The standard InChI is InChI=1S/C28H48O2/c1-17-13-23(14-18(2)25(17)29)27(5,6)21-9-11-22(12-10-21)28(7,8)24-15-19(3)26(30)20(4)16-24/h9,11,13,18-26,29-30H,10,12,14-16H2,1-8H3. The molecule has 0 heterocycles. The van der Waals surface area contributed by atoms with Gasteiger partial charge in [0.05, 0.1) is 12.2 Å². The number of hydrogen-bond acceptors (Lipinski definition) is 2. The molecule has 0 bridgehead atoms. The Labute approximate surface area is 186 Å². The second-order valence-electron chi connectivity index (χ2n) is 12.6. The first-order valence-electron chi connectivity index (χ1n) is 12.6. The fourth-order valence-electron chi connectivity index (χ4n) is 7.06. The van der Waals surface area contributed by atoms with Crippen molar-refractivity contribution in [2.75, 3.05) is 0 Å². The van der Waals surface area contributed by atoms with Crippen molar-refractivity contribution in [3.63, 3.8) is 0 Å². The minimum Gasteiger partial charge on any atom is -0.393 e. The van der Waals surface area contributed by atoms with Gasteiger partial charge in [0.1, 0.15) is 0 Å². The Kier molecular flexibility index (Phi) is 7.00. The molecule has 0 aliphatic heterocycles. The molecule has 7 atom stereocenters. The second-order valence-corrected chi connectivity index (χ2v) is 12.6. The molecular weight excluding hydrogens is 368 g/mol. The zero-order valence-corrected chi connectivity index (χ0v) is 20.9. The lowest BCUT2D eigenvalue weighted by atomic mass is 9.56. The maximum absolute atomic E-state index is 10.4. The van der Waals surface area contributed by atoms with Crippen LogP contribution in [0.1, 0.15) is 87.5 Å². The van der Waals surface area contributed by atoms with E-state index in [4.69, 9.17) is 0 Å². The summed E-state index contributed by atoms with van der Waals surface area (Å²) in [5.41, 5.74) is 1.67. The number of rotatable bonds is 4. The van der Waals surface area contributed by atoms with Crippen LogP contribution in [0.15, 0.2) is 23.8 Å². The van der Waals surface area contributed by atoms with E-state index < -0.39 is 0 Å². The van der Waals surface area contributed by atoms with Crippen molar-refractivity contribution in [2.45, 2.75) is 99.7 Å². The molecule has 0 saturated heterocycles. The molecule has 30 heavy (non-hydrogen) atoms. The van der Waals surface area contributed by atoms with E-state index in [1.165, 1.54) is 12.8 Å². The summed E-state index contributed by atoms with van der Waals surface area (Å²) in [4.78, 5) is 0. The van der Waals surface area contributed by atoms with E-state index in [-0.39, 0.29) is 23.0 Å². The van der Waals surface area contributed by atoms with E-state index in [9.17, 15) is 10.2 Å². The summed E-state index contributed by atoms with van der Waals surface area (Å²) < 4.78 is 0. The van der Waals surface area contributed by atoms with Gasteiger partial charge >= 0.3 is 0 Å². The van der Waals surface area contributed by atoms with Gasteiger partial charge in [0.25, 0.3) is 0 Å². The monoisotopic (exact) mass is 416 g/mol. The predicted octanol–water partition coefficient (Wildman–Crippen LogP) is 6.63. The summed E-state index contributed by atoms with van der Waals surface area (Å²) in [7, 11) is 0. The highest BCUT2D eigenvalue weighted by atomic mass is 16.3. The zero-order chi connectivity index (χ0) is 22.4. The van der Waals surface area contributed by atoms with Gasteiger partial charge in [-0.1, -0.05) is 66.7 Å². The Morgan fingerprint density at radius 2 is 1.23 bits per heavy atom. The van der Waals surface area contributed by atoms with E-state index >= 15 is 0 Å². The van der Waals surface area contributed by atoms with Crippen LogP contribution in [0.4, 0.5) is 0 Å². The lowest BCUT2D eigenvalue weighted by molar-refractivity contribution is -0.0313. The average molecular weight is 417 g/mol. The van der Waals surface area contributed by atoms with Gasteiger partial charge in [-0.15, -0.1) is 0 Å². The molecule has 2 heteroatoms. The minimum absolute atomic E-state index is 0.128. The fraction of sp³-hybridized carbons (Fsp3) is 0.857. The lowest BCUT2D eigenvalue weighted by Gasteiger charge is -2.49. The van der Waals surface area contributed by atoms with Crippen LogP contribution in [-0.4, -0.2) is 22.4 Å². The second kappa shape index (κ2) is 8.74. The fourth-order valence-corrected chi connectivity index (χ4v) is 7.06. The molecule has 172 valence electrons. The van der Waals surface area contributed by atoms with E-state index in [0.29, 0.717) is 41.4 Å². The van der Waals surface area contributed by atoms with Gasteiger partial charge in [0, 0.05) is 0 Å². The maximum Gasteiger partial charge on any atom is 0.0773 e. The molecule has 2 nitrogen and oxygen atoms in total. The summed E-state index contributed by atoms with van der Waals surface area (Å²) in [6, 6.07) is 0. The van der Waals surface area contributed by atoms with Crippen LogP contribution in [0.25, 0.3) is 0 Å². The van der Waals surface area contributed by atoms with Gasteiger partial charge in [-0.2, -0.15) is 0 Å². The molecule has 0 spiro atoms. The van der Waals surface area contributed by atoms with Crippen LogP contribution in [0.2, 0.25) is 0 Å². The van der Waals surface area contributed by atoms with E-state index in [1.807, 2.05) is 0 Å². The highest BCUT2D eigenvalue weighted by molar-refractivity contribution is 5.17. The van der Waals surface area contributed by atoms with E-state index in [2.05, 4.69) is 73.6 Å². The number of aliphatic hydroxyl groups excluding tert-OH is 2. The van der Waals surface area contributed by atoms with Crippen LogP contribution >= 0.6 is 0 Å². The van der Waals surface area contributed by atoms with Crippen molar-refractivity contribution < 1.29 is 10.2 Å². The van der Waals surface area contributed by atoms with Gasteiger partial charge in [-0.05, 0) is 96.9 Å². The lowest BCUT2D eigenvalue weighted by Crippen LogP contribution is -2.43. The molecule has 3 aliphatic carbocycles. The van der Waals surface area contributed by atoms with Crippen molar-refractivity contribution in [2.24, 2.45) is 52.3 Å². The summed E-state index contributed by atoms with van der Waals surface area (Å²) >= 11 is 0. The summed E-state index contributed by atoms with van der Waals surface area (Å²) in [6.07, 6.45) is 13.0. The first-order valence-corrected chi connectivity index (χ1v) is 12.6. The van der Waals surface area contributed by atoms with Crippen LogP contribution in [-0.2, 0) is 0 Å². The Morgan fingerprint density at radius 3 is 1.70 bits per heavy atom. The smallest absolute Gasteiger partial charge is 0.0773 e. The molecule has 1 saturated carbocycles. The summed E-state index contributed by atoms with van der Waals surface area (Å²) in [5, 5.41) is 20.8.